The Bertz CT molecular complexity index is 2630. The van der Waals surface area contributed by atoms with Gasteiger partial charge in [0.05, 0.1) is 56.0 Å². The van der Waals surface area contributed by atoms with Gasteiger partial charge in [-0.05, 0) is 83.0 Å². The Morgan fingerprint density at radius 3 is 2.05 bits per heavy atom. The molecular weight excluding hydrogens is 823 g/mol. The first-order chi connectivity index (χ1) is 31.2. The SMILES string of the molecule is C#C[C@@H](c1ncc(-c2ccc3cc(-c4ccc(-c5cnc([C@@H]6CC7(CC7)CN6C(=O)[C@@H](NC(=O)OC)C(C)C)[nH]5)cc4)ccc3c2)[nH]1)N(C[C@H](C)C#N)C(=O)[C@@H](NC(=O)OC)[C@@H](C)CC. The van der Waals surface area contributed by atoms with Crippen molar-refractivity contribution in [2.24, 2.45) is 23.2 Å². The fraction of sp³-hybridized carbons (Fsp3) is 0.420. The lowest BCUT2D eigenvalue weighted by atomic mass is 9.96. The van der Waals surface area contributed by atoms with E-state index < -0.39 is 42.1 Å². The molecule has 15 heteroatoms. The lowest BCUT2D eigenvalue weighted by Crippen LogP contribution is -2.53. The molecule has 0 unspecified atom stereocenters. The van der Waals surface area contributed by atoms with Crippen molar-refractivity contribution in [3.63, 3.8) is 0 Å². The van der Waals surface area contributed by atoms with Crippen LogP contribution in [0.2, 0.25) is 0 Å². The van der Waals surface area contributed by atoms with Gasteiger partial charge >= 0.3 is 12.2 Å². The molecule has 7 rings (SSSR count). The van der Waals surface area contributed by atoms with Gasteiger partial charge in [0.15, 0.2) is 6.04 Å². The molecule has 1 saturated carbocycles. The molecule has 4 amide bonds. The summed E-state index contributed by atoms with van der Waals surface area (Å²) in [7, 11) is 2.53. The minimum atomic E-state index is -0.938. The number of nitriles is 1. The lowest BCUT2D eigenvalue weighted by Gasteiger charge is -2.33. The molecule has 6 atom stereocenters. The number of rotatable bonds is 15. The number of benzene rings is 3. The first-order valence-corrected chi connectivity index (χ1v) is 22.1. The van der Waals surface area contributed by atoms with Gasteiger partial charge < -0.3 is 39.9 Å². The quantitative estimate of drug-likeness (QED) is 0.0750. The number of ether oxygens (including phenoxy) is 2. The molecule has 65 heavy (non-hydrogen) atoms. The molecule has 15 nitrogen and oxygen atoms in total. The highest BCUT2D eigenvalue weighted by atomic mass is 16.5. The van der Waals surface area contributed by atoms with Gasteiger partial charge in [0.2, 0.25) is 11.8 Å². The van der Waals surface area contributed by atoms with E-state index in [0.717, 1.165) is 63.8 Å². The zero-order valence-electron chi connectivity index (χ0n) is 38.0. The number of alkyl carbamates (subject to hydrolysis) is 2. The summed E-state index contributed by atoms with van der Waals surface area (Å²) in [4.78, 5) is 71.9. The molecule has 3 aromatic carbocycles. The van der Waals surface area contributed by atoms with E-state index in [2.05, 4.69) is 86.1 Å². The van der Waals surface area contributed by atoms with Crippen LogP contribution in [0.15, 0.2) is 73.1 Å². The number of likely N-dealkylation sites (tertiary alicyclic amines) is 1. The normalized spacial score (nSPS) is 17.3. The molecule has 1 aliphatic carbocycles. The summed E-state index contributed by atoms with van der Waals surface area (Å²) in [6.45, 7) is 9.98. The van der Waals surface area contributed by atoms with Crippen molar-refractivity contribution in [2.45, 2.75) is 84.5 Å². The molecule has 2 aromatic heterocycles. The number of hydrogen-bond donors (Lipinski definition) is 4. The predicted molar refractivity (Wildman–Crippen MR) is 246 cm³/mol. The number of imidazole rings is 2. The molecule has 1 saturated heterocycles. The third kappa shape index (κ3) is 9.85. The summed E-state index contributed by atoms with van der Waals surface area (Å²) in [6, 6.07) is 20.1. The lowest BCUT2D eigenvalue weighted by molar-refractivity contribution is -0.137. The van der Waals surface area contributed by atoms with Crippen LogP contribution in [-0.4, -0.2) is 93.1 Å². The Hall–Kier alpha value is -7.13. The summed E-state index contributed by atoms with van der Waals surface area (Å²) in [5.74, 6) is 2.34. The number of fused-ring (bicyclic) bond motifs is 1. The number of methoxy groups -OCH3 is 2. The minimum absolute atomic E-state index is 0.0310. The molecule has 2 fully saturated rings. The highest BCUT2D eigenvalue weighted by Crippen LogP contribution is 2.58. The van der Waals surface area contributed by atoms with E-state index in [4.69, 9.17) is 20.9 Å². The Balaban J connectivity index is 1.07. The number of nitrogens with zero attached hydrogens (tertiary/aromatic N) is 5. The van der Waals surface area contributed by atoms with Gasteiger partial charge in [-0.25, -0.2) is 19.6 Å². The monoisotopic (exact) mass is 879 g/mol. The summed E-state index contributed by atoms with van der Waals surface area (Å²) in [5.41, 5.74) is 5.58. The Labute approximate surface area is 379 Å². The molecule has 5 aromatic rings. The molecule has 0 bridgehead atoms. The maximum absolute atomic E-state index is 14.1. The second kappa shape index (κ2) is 19.3. The third-order valence-corrected chi connectivity index (χ3v) is 13.0. The molecular formula is C50H57N9O6. The van der Waals surface area contributed by atoms with Gasteiger partial charge in [0.1, 0.15) is 23.7 Å². The van der Waals surface area contributed by atoms with Crippen LogP contribution in [0.25, 0.3) is 44.4 Å². The van der Waals surface area contributed by atoms with Crippen molar-refractivity contribution >= 4 is 34.8 Å². The smallest absolute Gasteiger partial charge is 0.407 e. The van der Waals surface area contributed by atoms with Crippen LogP contribution in [0.5, 0.6) is 0 Å². The van der Waals surface area contributed by atoms with Crippen molar-refractivity contribution in [3.8, 4) is 52.1 Å². The van der Waals surface area contributed by atoms with Crippen LogP contribution >= 0.6 is 0 Å². The number of carbonyl (C=O) groups is 4. The highest BCUT2D eigenvalue weighted by Gasteiger charge is 2.55. The average Bonchev–Trinajstić information content (AvgIpc) is 3.64. The average molecular weight is 880 g/mol. The second-order valence-electron chi connectivity index (χ2n) is 17.9. The molecule has 4 N–H and O–H groups in total. The van der Waals surface area contributed by atoms with Crippen LogP contribution in [0.4, 0.5) is 9.59 Å². The Morgan fingerprint density at radius 2 is 1.45 bits per heavy atom. The van der Waals surface area contributed by atoms with Crippen molar-refractivity contribution < 1.29 is 28.7 Å². The number of aromatic nitrogens is 4. The van der Waals surface area contributed by atoms with Crippen molar-refractivity contribution in [1.29, 1.82) is 5.26 Å². The van der Waals surface area contributed by atoms with Crippen LogP contribution in [0.1, 0.15) is 84.0 Å². The maximum Gasteiger partial charge on any atom is 0.407 e. The van der Waals surface area contributed by atoms with E-state index >= 15 is 0 Å². The molecule has 1 spiro atoms. The standard InChI is InChI=1S/C50H57N9O6/c1-9-31(6)43(57-49(63)65-8)47(61)58(27-30(5)24-51)40(10-2)44-52-26-39(55-44)37-18-17-35-21-34(15-16-36(35)22-37)32-11-13-33(14-12-32)38-25-53-45(54-38)41-23-50(19-20-50)28-59(41)46(60)42(29(3)4)56-48(62)64-7/h2,11-18,21-22,25-26,29-31,40-43H,9,19-20,23,27-28H2,1,3-8H3,(H,52,55)(H,53,54)(H,56,62)(H,57,63)/t30-,31+,40+,41+,42+,43+/m1/s1. The van der Waals surface area contributed by atoms with Gasteiger partial charge in [-0.1, -0.05) is 88.6 Å². The number of hydrogen-bond acceptors (Lipinski definition) is 9. The third-order valence-electron chi connectivity index (χ3n) is 13.0. The Kier molecular flexibility index (Phi) is 13.6. The Morgan fingerprint density at radius 1 is 0.862 bits per heavy atom. The summed E-state index contributed by atoms with van der Waals surface area (Å²) in [6.07, 6.45) is 11.8. The van der Waals surface area contributed by atoms with Crippen LogP contribution in [0, 0.1) is 46.8 Å². The fourth-order valence-corrected chi connectivity index (χ4v) is 8.68. The second-order valence-corrected chi connectivity index (χ2v) is 17.9. The number of amides is 4. The number of H-pyrrole nitrogens is 2. The van der Waals surface area contributed by atoms with Gasteiger partial charge in [-0.15, -0.1) is 6.42 Å². The highest BCUT2D eigenvalue weighted by molar-refractivity contribution is 5.91. The molecule has 338 valence electrons. The zero-order chi connectivity index (χ0) is 46.6. The first-order valence-electron chi connectivity index (χ1n) is 22.1. The molecule has 0 radical (unpaired) electrons. The van der Waals surface area contributed by atoms with Gasteiger partial charge in [-0.3, -0.25) is 9.59 Å². The van der Waals surface area contributed by atoms with Crippen molar-refractivity contribution in [1.82, 2.24) is 40.4 Å². The number of carbonyl (C=O) groups excluding carboxylic acids is 4. The number of nitrogens with one attached hydrogen (secondary N) is 4. The molecule has 3 heterocycles. The zero-order valence-corrected chi connectivity index (χ0v) is 38.0. The summed E-state index contributed by atoms with van der Waals surface area (Å²) < 4.78 is 9.62. The fourth-order valence-electron chi connectivity index (χ4n) is 8.68. The topological polar surface area (TPSA) is 198 Å². The summed E-state index contributed by atoms with van der Waals surface area (Å²) >= 11 is 0. The van der Waals surface area contributed by atoms with Crippen LogP contribution in [-0.2, 0) is 19.1 Å². The largest absolute Gasteiger partial charge is 0.453 e. The maximum atomic E-state index is 14.1. The van der Waals surface area contributed by atoms with E-state index in [1.54, 1.807) is 13.1 Å². The summed E-state index contributed by atoms with van der Waals surface area (Å²) in [5, 5.41) is 17.1. The van der Waals surface area contributed by atoms with E-state index in [-0.39, 0.29) is 35.7 Å². The minimum Gasteiger partial charge on any atom is -0.453 e. The first kappa shape index (κ1) is 45.9. The van der Waals surface area contributed by atoms with Gasteiger partial charge in [0, 0.05) is 18.7 Å². The number of terminal acetylenes is 1. The van der Waals surface area contributed by atoms with E-state index in [9.17, 15) is 24.4 Å². The van der Waals surface area contributed by atoms with Crippen LogP contribution in [0.3, 0.4) is 0 Å². The van der Waals surface area contributed by atoms with E-state index in [0.29, 0.717) is 24.5 Å². The van der Waals surface area contributed by atoms with Gasteiger partial charge in [0.25, 0.3) is 0 Å². The van der Waals surface area contributed by atoms with E-state index in [1.807, 2.05) is 50.9 Å². The van der Waals surface area contributed by atoms with E-state index in [1.165, 1.54) is 19.1 Å². The van der Waals surface area contributed by atoms with Crippen molar-refractivity contribution in [3.05, 3.63) is 84.7 Å². The molecule has 1 aliphatic heterocycles. The molecule has 2 aliphatic rings. The number of aromatic amines is 2. The predicted octanol–water partition coefficient (Wildman–Crippen LogP) is 8.15. The van der Waals surface area contributed by atoms with Crippen molar-refractivity contribution in [2.75, 3.05) is 27.3 Å². The van der Waals surface area contributed by atoms with Crippen LogP contribution < -0.4 is 10.6 Å². The van der Waals surface area contributed by atoms with Gasteiger partial charge in [-0.2, -0.15) is 5.26 Å².